The Balaban J connectivity index is 2.85. The van der Waals surface area contributed by atoms with Crippen LogP contribution >= 0.6 is 11.3 Å². The topological polar surface area (TPSA) is 36.4 Å². The van der Waals surface area contributed by atoms with Crippen LogP contribution in [-0.2, 0) is 13.0 Å². The first-order valence-electron chi connectivity index (χ1n) is 7.54. The molecule has 1 aromatic heterocycles. The lowest BCUT2D eigenvalue weighted by Crippen LogP contribution is -2.28. The third kappa shape index (κ3) is 4.46. The van der Waals surface area contributed by atoms with Crippen molar-refractivity contribution in [2.45, 2.75) is 60.0 Å². The maximum absolute atomic E-state index is 9.44. The Bertz CT molecular complexity index is 361. The first-order chi connectivity index (χ1) is 9.19. The zero-order chi connectivity index (χ0) is 14.3. The van der Waals surface area contributed by atoms with Gasteiger partial charge in [0, 0.05) is 13.1 Å². The van der Waals surface area contributed by atoms with E-state index in [2.05, 4.69) is 32.6 Å². The average molecular weight is 284 g/mol. The minimum absolute atomic E-state index is 0.121. The average Bonchev–Trinajstić information content (AvgIpc) is 2.84. The molecule has 0 spiro atoms. The Morgan fingerprint density at radius 3 is 2.37 bits per heavy atom. The largest absolute Gasteiger partial charge is 0.391 e. The van der Waals surface area contributed by atoms with Crippen LogP contribution in [0.2, 0.25) is 0 Å². The number of anilines is 1. The molecule has 0 aliphatic rings. The van der Waals surface area contributed by atoms with E-state index in [1.807, 2.05) is 0 Å². The van der Waals surface area contributed by atoms with Crippen molar-refractivity contribution in [3.05, 3.63) is 10.6 Å². The number of hydrogen-bond acceptors (Lipinski definition) is 4. The molecular weight excluding hydrogens is 256 g/mol. The fourth-order valence-electron chi connectivity index (χ4n) is 2.26. The molecule has 0 fully saturated rings. The normalized spacial score (nSPS) is 11.3. The first-order valence-corrected chi connectivity index (χ1v) is 8.35. The Morgan fingerprint density at radius 1 is 1.21 bits per heavy atom. The van der Waals surface area contributed by atoms with Crippen molar-refractivity contribution < 1.29 is 5.11 Å². The van der Waals surface area contributed by atoms with E-state index in [1.54, 1.807) is 11.3 Å². The highest BCUT2D eigenvalue weighted by Gasteiger charge is 2.16. The van der Waals surface area contributed by atoms with E-state index in [1.165, 1.54) is 12.8 Å². The third-order valence-electron chi connectivity index (χ3n) is 3.68. The second kappa shape index (κ2) is 8.54. The molecule has 0 saturated carbocycles. The van der Waals surface area contributed by atoms with Gasteiger partial charge in [0.15, 0.2) is 5.13 Å². The zero-order valence-corrected chi connectivity index (χ0v) is 13.6. The second-order valence-electron chi connectivity index (χ2n) is 5.00. The highest BCUT2D eigenvalue weighted by atomic mass is 32.1. The van der Waals surface area contributed by atoms with Crippen LogP contribution in [0.1, 0.15) is 57.5 Å². The van der Waals surface area contributed by atoms with Crippen LogP contribution < -0.4 is 4.90 Å². The molecule has 0 bridgehead atoms. The van der Waals surface area contributed by atoms with Gasteiger partial charge in [-0.1, -0.05) is 51.4 Å². The van der Waals surface area contributed by atoms with E-state index in [0.29, 0.717) is 0 Å². The fraction of sp³-hybridized carbons (Fsp3) is 0.800. The van der Waals surface area contributed by atoms with Crippen molar-refractivity contribution in [1.82, 2.24) is 4.98 Å². The van der Waals surface area contributed by atoms with Crippen molar-refractivity contribution in [2.75, 3.05) is 18.0 Å². The van der Waals surface area contributed by atoms with Gasteiger partial charge in [0.1, 0.15) is 0 Å². The molecular formula is C15H28N2OS. The van der Waals surface area contributed by atoms with Crippen LogP contribution in [0.15, 0.2) is 0 Å². The summed E-state index contributed by atoms with van der Waals surface area (Å²) >= 11 is 1.66. The number of thiazole rings is 1. The summed E-state index contributed by atoms with van der Waals surface area (Å²) in [6, 6.07) is 0. The standard InChI is InChI=1S/C15H28N2OS/c1-5-9-13-14(11-18)19-15(16-13)17(8-4)10-12(6-2)7-3/h12,18H,5-11H2,1-4H3. The Labute approximate surface area is 121 Å². The van der Waals surface area contributed by atoms with Crippen molar-refractivity contribution in [3.8, 4) is 0 Å². The fourth-order valence-corrected chi connectivity index (χ4v) is 3.30. The lowest BCUT2D eigenvalue weighted by atomic mass is 10.0. The Hall–Kier alpha value is -0.610. The summed E-state index contributed by atoms with van der Waals surface area (Å²) in [5, 5.41) is 10.5. The number of aliphatic hydroxyl groups is 1. The molecule has 0 unspecified atom stereocenters. The van der Waals surface area contributed by atoms with Crippen LogP contribution in [0, 0.1) is 5.92 Å². The second-order valence-corrected chi connectivity index (χ2v) is 6.06. The third-order valence-corrected chi connectivity index (χ3v) is 4.83. The molecule has 0 radical (unpaired) electrons. The molecule has 110 valence electrons. The summed E-state index contributed by atoms with van der Waals surface area (Å²) in [5.41, 5.74) is 1.09. The summed E-state index contributed by atoms with van der Waals surface area (Å²) in [6.45, 7) is 11.0. The quantitative estimate of drug-likeness (QED) is 0.748. The Kier molecular flexibility index (Phi) is 7.39. The maximum Gasteiger partial charge on any atom is 0.185 e. The van der Waals surface area contributed by atoms with Crippen LogP contribution in [0.5, 0.6) is 0 Å². The van der Waals surface area contributed by atoms with Crippen molar-refractivity contribution >= 4 is 16.5 Å². The molecule has 0 aromatic carbocycles. The number of rotatable bonds is 9. The lowest BCUT2D eigenvalue weighted by molar-refractivity contribution is 0.284. The van der Waals surface area contributed by atoms with E-state index >= 15 is 0 Å². The Morgan fingerprint density at radius 2 is 1.89 bits per heavy atom. The van der Waals surface area contributed by atoms with E-state index in [9.17, 15) is 5.11 Å². The number of nitrogens with zero attached hydrogens (tertiary/aromatic N) is 2. The van der Waals surface area contributed by atoms with Gasteiger partial charge < -0.3 is 10.0 Å². The van der Waals surface area contributed by atoms with Crippen LogP contribution in [0.3, 0.4) is 0 Å². The summed E-state index contributed by atoms with van der Waals surface area (Å²) in [4.78, 5) is 8.15. The van der Waals surface area contributed by atoms with Crippen molar-refractivity contribution in [3.63, 3.8) is 0 Å². The monoisotopic (exact) mass is 284 g/mol. The molecule has 1 aromatic rings. The molecule has 0 aliphatic heterocycles. The molecule has 0 atom stereocenters. The molecule has 19 heavy (non-hydrogen) atoms. The van der Waals surface area contributed by atoms with Crippen LogP contribution in [0.25, 0.3) is 0 Å². The maximum atomic E-state index is 9.44. The van der Waals surface area contributed by atoms with Gasteiger partial charge in [0.25, 0.3) is 0 Å². The number of aliphatic hydroxyl groups excluding tert-OH is 1. The van der Waals surface area contributed by atoms with Crippen LogP contribution in [-0.4, -0.2) is 23.2 Å². The molecule has 0 saturated heterocycles. The van der Waals surface area contributed by atoms with E-state index in [4.69, 9.17) is 4.98 Å². The van der Waals surface area contributed by atoms with E-state index < -0.39 is 0 Å². The van der Waals surface area contributed by atoms with Gasteiger partial charge in [-0.3, -0.25) is 0 Å². The van der Waals surface area contributed by atoms with Crippen molar-refractivity contribution in [1.29, 1.82) is 0 Å². The summed E-state index contributed by atoms with van der Waals surface area (Å²) in [7, 11) is 0. The summed E-state index contributed by atoms with van der Waals surface area (Å²) in [5.74, 6) is 0.732. The van der Waals surface area contributed by atoms with Crippen molar-refractivity contribution in [2.24, 2.45) is 5.92 Å². The SMILES string of the molecule is CCCc1nc(N(CC)CC(CC)CC)sc1CO. The van der Waals surface area contributed by atoms with Gasteiger partial charge in [-0.05, 0) is 19.3 Å². The van der Waals surface area contributed by atoms with Gasteiger partial charge >= 0.3 is 0 Å². The van der Waals surface area contributed by atoms with Gasteiger partial charge in [0.05, 0.1) is 17.2 Å². The predicted molar refractivity (Wildman–Crippen MR) is 84.0 cm³/mol. The zero-order valence-electron chi connectivity index (χ0n) is 12.8. The summed E-state index contributed by atoms with van der Waals surface area (Å²) in [6.07, 6.45) is 4.48. The smallest absolute Gasteiger partial charge is 0.185 e. The lowest BCUT2D eigenvalue weighted by Gasteiger charge is -2.24. The predicted octanol–water partition coefficient (Wildman–Crippen LogP) is 3.85. The minimum Gasteiger partial charge on any atom is -0.391 e. The minimum atomic E-state index is 0.121. The number of aryl methyl sites for hydroxylation is 1. The highest BCUT2D eigenvalue weighted by molar-refractivity contribution is 7.15. The molecule has 1 heterocycles. The van der Waals surface area contributed by atoms with Gasteiger partial charge in [-0.2, -0.15) is 0 Å². The van der Waals surface area contributed by atoms with Gasteiger partial charge in [-0.15, -0.1) is 0 Å². The first kappa shape index (κ1) is 16.4. The van der Waals surface area contributed by atoms with E-state index in [-0.39, 0.29) is 6.61 Å². The van der Waals surface area contributed by atoms with E-state index in [0.717, 1.165) is 47.6 Å². The molecule has 1 rings (SSSR count). The molecule has 4 heteroatoms. The number of hydrogen-bond donors (Lipinski definition) is 1. The highest BCUT2D eigenvalue weighted by Crippen LogP contribution is 2.28. The molecule has 3 nitrogen and oxygen atoms in total. The molecule has 1 N–H and O–H groups in total. The van der Waals surface area contributed by atoms with Gasteiger partial charge in [0.2, 0.25) is 0 Å². The molecule has 0 aliphatic carbocycles. The summed E-state index contributed by atoms with van der Waals surface area (Å²) < 4.78 is 0. The number of aromatic nitrogens is 1. The molecule has 0 amide bonds. The van der Waals surface area contributed by atoms with Gasteiger partial charge in [-0.25, -0.2) is 4.98 Å². The van der Waals surface area contributed by atoms with Crippen LogP contribution in [0.4, 0.5) is 5.13 Å².